The van der Waals surface area contributed by atoms with E-state index >= 15 is 0 Å². The molecule has 0 radical (unpaired) electrons. The van der Waals surface area contributed by atoms with E-state index in [1.54, 1.807) is 19.2 Å². The van der Waals surface area contributed by atoms with E-state index in [-0.39, 0.29) is 5.91 Å². The van der Waals surface area contributed by atoms with Crippen LogP contribution in [-0.4, -0.2) is 50.1 Å². The van der Waals surface area contributed by atoms with Crippen LogP contribution in [0.5, 0.6) is 5.75 Å². The first-order valence-electron chi connectivity index (χ1n) is 9.27. The van der Waals surface area contributed by atoms with Gasteiger partial charge in [0.15, 0.2) is 0 Å². The van der Waals surface area contributed by atoms with E-state index < -0.39 is 0 Å². The van der Waals surface area contributed by atoms with Crippen LogP contribution < -0.4 is 15.0 Å². The van der Waals surface area contributed by atoms with Gasteiger partial charge < -0.3 is 15.0 Å². The van der Waals surface area contributed by atoms with Crippen molar-refractivity contribution < 1.29 is 9.53 Å². The molecular formula is C21H25N3O2. The van der Waals surface area contributed by atoms with Gasteiger partial charge in [0.2, 0.25) is 0 Å². The maximum absolute atomic E-state index is 12.4. The average Bonchev–Trinajstić information content (AvgIpc) is 3.54. The van der Waals surface area contributed by atoms with Crippen LogP contribution in [0.3, 0.4) is 0 Å². The fourth-order valence-electron chi connectivity index (χ4n) is 3.51. The Hall–Kier alpha value is -2.53. The lowest BCUT2D eigenvalue weighted by Crippen LogP contribution is -2.47. The van der Waals surface area contributed by atoms with E-state index in [1.807, 2.05) is 24.3 Å². The Morgan fingerprint density at radius 1 is 1.04 bits per heavy atom. The first-order valence-corrected chi connectivity index (χ1v) is 9.27. The number of hydrogen-bond donors (Lipinski definition) is 1. The molecule has 2 aromatic rings. The third kappa shape index (κ3) is 3.83. The van der Waals surface area contributed by atoms with Crippen molar-refractivity contribution in [3.05, 3.63) is 54.1 Å². The van der Waals surface area contributed by atoms with Crippen molar-refractivity contribution in [1.82, 2.24) is 4.90 Å². The number of methoxy groups -OCH3 is 1. The monoisotopic (exact) mass is 351 g/mol. The van der Waals surface area contributed by atoms with E-state index in [0.717, 1.165) is 37.9 Å². The van der Waals surface area contributed by atoms with E-state index in [1.165, 1.54) is 18.5 Å². The van der Waals surface area contributed by atoms with Crippen LogP contribution >= 0.6 is 0 Å². The number of rotatable bonds is 5. The topological polar surface area (TPSA) is 44.8 Å². The zero-order valence-corrected chi connectivity index (χ0v) is 15.1. The summed E-state index contributed by atoms with van der Waals surface area (Å²) in [6.45, 7) is 4.45. The van der Waals surface area contributed by atoms with Crippen LogP contribution in [-0.2, 0) is 0 Å². The number of nitrogens with zero attached hydrogens (tertiary/aromatic N) is 2. The fourth-order valence-corrected chi connectivity index (χ4v) is 3.51. The van der Waals surface area contributed by atoms with Gasteiger partial charge in [-0.3, -0.25) is 9.69 Å². The molecule has 1 amide bonds. The number of carbonyl (C=O) groups excluding carboxylic acids is 1. The van der Waals surface area contributed by atoms with Crippen molar-refractivity contribution in [1.29, 1.82) is 0 Å². The Morgan fingerprint density at radius 3 is 2.42 bits per heavy atom. The van der Waals surface area contributed by atoms with Crippen molar-refractivity contribution in [2.45, 2.75) is 18.9 Å². The molecular weight excluding hydrogens is 326 g/mol. The zero-order chi connectivity index (χ0) is 17.9. The minimum atomic E-state index is -0.130. The summed E-state index contributed by atoms with van der Waals surface area (Å²) in [6.07, 6.45) is 2.75. The number of anilines is 2. The van der Waals surface area contributed by atoms with Crippen molar-refractivity contribution in [3.8, 4) is 5.75 Å². The summed E-state index contributed by atoms with van der Waals surface area (Å²) in [4.78, 5) is 17.4. The quantitative estimate of drug-likeness (QED) is 0.898. The van der Waals surface area contributed by atoms with Gasteiger partial charge in [-0.25, -0.2) is 0 Å². The molecule has 2 fully saturated rings. The van der Waals surface area contributed by atoms with Crippen molar-refractivity contribution in [2.24, 2.45) is 0 Å². The lowest BCUT2D eigenvalue weighted by molar-refractivity contribution is 0.102. The molecule has 5 heteroatoms. The number of benzene rings is 2. The van der Waals surface area contributed by atoms with Crippen LogP contribution in [0.25, 0.3) is 0 Å². The molecule has 0 bridgehead atoms. The molecule has 1 saturated carbocycles. The van der Waals surface area contributed by atoms with Gasteiger partial charge in [0, 0.05) is 49.2 Å². The van der Waals surface area contributed by atoms with E-state index in [0.29, 0.717) is 11.3 Å². The summed E-state index contributed by atoms with van der Waals surface area (Å²) in [7, 11) is 1.60. The molecule has 2 aromatic carbocycles. The van der Waals surface area contributed by atoms with Gasteiger partial charge in [0.1, 0.15) is 5.75 Å². The van der Waals surface area contributed by atoms with Crippen LogP contribution in [0.4, 0.5) is 11.4 Å². The standard InChI is InChI=1S/C21H25N3O2/c1-26-20-4-2-3-16(15-20)21(25)22-17-5-7-18(8-6-17)23-11-13-24(14-12-23)19-9-10-19/h2-8,15,19H,9-14H2,1H3,(H,22,25). The second-order valence-electron chi connectivity index (χ2n) is 6.99. The van der Waals surface area contributed by atoms with Gasteiger partial charge in [0.05, 0.1) is 7.11 Å². The lowest BCUT2D eigenvalue weighted by atomic mass is 10.2. The van der Waals surface area contributed by atoms with Gasteiger partial charge in [0.25, 0.3) is 5.91 Å². The third-order valence-corrected chi connectivity index (χ3v) is 5.20. The van der Waals surface area contributed by atoms with Crippen molar-refractivity contribution in [3.63, 3.8) is 0 Å². The van der Waals surface area contributed by atoms with Crippen molar-refractivity contribution >= 4 is 17.3 Å². The Kier molecular flexibility index (Phi) is 4.80. The Morgan fingerprint density at radius 2 is 1.77 bits per heavy atom. The second kappa shape index (κ2) is 7.38. The fraction of sp³-hybridized carbons (Fsp3) is 0.381. The van der Waals surface area contributed by atoms with Crippen LogP contribution in [0.2, 0.25) is 0 Å². The minimum absolute atomic E-state index is 0.130. The van der Waals surface area contributed by atoms with Gasteiger partial charge >= 0.3 is 0 Å². The molecule has 1 aliphatic carbocycles. The van der Waals surface area contributed by atoms with Crippen LogP contribution in [0.1, 0.15) is 23.2 Å². The summed E-state index contributed by atoms with van der Waals surface area (Å²) in [6, 6.07) is 16.1. The predicted octanol–water partition coefficient (Wildman–Crippen LogP) is 3.23. The molecule has 0 aromatic heterocycles. The predicted molar refractivity (Wildman–Crippen MR) is 104 cm³/mol. The highest BCUT2D eigenvalue weighted by Crippen LogP contribution is 2.28. The van der Waals surface area contributed by atoms with E-state index in [9.17, 15) is 4.79 Å². The number of carbonyl (C=O) groups is 1. The largest absolute Gasteiger partial charge is 0.497 e. The molecule has 0 spiro atoms. The minimum Gasteiger partial charge on any atom is -0.497 e. The highest BCUT2D eigenvalue weighted by atomic mass is 16.5. The third-order valence-electron chi connectivity index (χ3n) is 5.20. The molecule has 1 aliphatic heterocycles. The zero-order valence-electron chi connectivity index (χ0n) is 15.1. The molecule has 1 heterocycles. The summed E-state index contributed by atoms with van der Waals surface area (Å²) >= 11 is 0. The molecule has 0 atom stereocenters. The maximum Gasteiger partial charge on any atom is 0.255 e. The molecule has 0 unspecified atom stereocenters. The summed E-state index contributed by atoms with van der Waals surface area (Å²) < 4.78 is 5.18. The molecule has 26 heavy (non-hydrogen) atoms. The SMILES string of the molecule is COc1cccc(C(=O)Nc2ccc(N3CCN(C4CC4)CC3)cc2)c1. The number of nitrogens with one attached hydrogen (secondary N) is 1. The van der Waals surface area contributed by atoms with E-state index in [4.69, 9.17) is 4.74 Å². The van der Waals surface area contributed by atoms with E-state index in [2.05, 4.69) is 27.2 Å². The molecule has 1 N–H and O–H groups in total. The highest BCUT2D eigenvalue weighted by Gasteiger charge is 2.31. The molecule has 4 rings (SSSR count). The van der Waals surface area contributed by atoms with Gasteiger partial charge in [-0.1, -0.05) is 6.07 Å². The Bertz CT molecular complexity index is 763. The molecule has 5 nitrogen and oxygen atoms in total. The Labute approximate surface area is 154 Å². The van der Waals surface area contributed by atoms with Crippen molar-refractivity contribution in [2.75, 3.05) is 43.5 Å². The summed E-state index contributed by atoms with van der Waals surface area (Å²) in [5, 5.41) is 2.95. The first kappa shape index (κ1) is 16.9. The molecule has 136 valence electrons. The summed E-state index contributed by atoms with van der Waals surface area (Å²) in [5.41, 5.74) is 2.61. The van der Waals surface area contributed by atoms with Crippen LogP contribution in [0.15, 0.2) is 48.5 Å². The molecule has 2 aliphatic rings. The maximum atomic E-state index is 12.4. The average molecular weight is 351 g/mol. The normalized spacial score (nSPS) is 17.8. The van der Waals surface area contributed by atoms with Gasteiger partial charge in [-0.2, -0.15) is 0 Å². The Balaban J connectivity index is 1.36. The van der Waals surface area contributed by atoms with Gasteiger partial charge in [-0.15, -0.1) is 0 Å². The number of ether oxygens (including phenoxy) is 1. The second-order valence-corrected chi connectivity index (χ2v) is 6.99. The van der Waals surface area contributed by atoms with Gasteiger partial charge in [-0.05, 0) is 55.3 Å². The van der Waals surface area contributed by atoms with Crippen LogP contribution in [0, 0.1) is 0 Å². The first-order chi connectivity index (χ1) is 12.7. The molecule has 1 saturated heterocycles. The number of amides is 1. The highest BCUT2D eigenvalue weighted by molar-refractivity contribution is 6.04. The number of hydrogen-bond acceptors (Lipinski definition) is 4. The smallest absolute Gasteiger partial charge is 0.255 e. The lowest BCUT2D eigenvalue weighted by Gasteiger charge is -2.36. The summed E-state index contributed by atoms with van der Waals surface area (Å²) in [5.74, 6) is 0.549. The number of piperazine rings is 1.